The van der Waals surface area contributed by atoms with Crippen LogP contribution in [-0.2, 0) is 14.4 Å². The van der Waals surface area contributed by atoms with Crippen LogP contribution >= 0.6 is 0 Å². The van der Waals surface area contributed by atoms with Crippen molar-refractivity contribution in [2.24, 2.45) is 0 Å². The molecule has 0 aliphatic carbocycles. The zero-order valence-corrected chi connectivity index (χ0v) is 18.4. The molecule has 3 amide bonds. The Hall–Kier alpha value is -3.19. The number of fused-ring (bicyclic) bond motifs is 1. The quantitative estimate of drug-likeness (QED) is 0.716. The van der Waals surface area contributed by atoms with Crippen LogP contribution in [-0.4, -0.2) is 48.3 Å². The average molecular weight is 423 g/mol. The first-order chi connectivity index (χ1) is 14.9. The van der Waals surface area contributed by atoms with E-state index in [9.17, 15) is 14.4 Å². The summed E-state index contributed by atoms with van der Waals surface area (Å²) in [6.45, 7) is 6.67. The molecule has 2 N–H and O–H groups in total. The lowest BCUT2D eigenvalue weighted by atomic mass is 10.1. The Morgan fingerprint density at radius 1 is 1.13 bits per heavy atom. The van der Waals surface area contributed by atoms with E-state index in [1.165, 1.54) is 0 Å². The topological polar surface area (TPSA) is 81.8 Å². The van der Waals surface area contributed by atoms with E-state index < -0.39 is 0 Å². The second kappa shape index (κ2) is 10.2. The molecule has 164 valence electrons. The number of aryl methyl sites for hydroxylation is 1. The molecule has 31 heavy (non-hydrogen) atoms. The van der Waals surface area contributed by atoms with Crippen LogP contribution in [0.2, 0.25) is 0 Å². The number of amides is 3. The lowest BCUT2D eigenvalue weighted by Gasteiger charge is -2.30. The number of hydrogen-bond donors (Lipinski definition) is 2. The third-order valence-electron chi connectivity index (χ3n) is 5.31. The summed E-state index contributed by atoms with van der Waals surface area (Å²) in [6, 6.07) is 14.6. The maximum Gasteiger partial charge on any atom is 0.241 e. The van der Waals surface area contributed by atoms with Gasteiger partial charge in [-0.05, 0) is 50.6 Å². The van der Waals surface area contributed by atoms with Crippen molar-refractivity contribution in [2.75, 3.05) is 35.2 Å². The Morgan fingerprint density at radius 2 is 1.84 bits per heavy atom. The molecule has 0 saturated heterocycles. The Kier molecular flexibility index (Phi) is 7.41. The molecule has 0 bridgehead atoms. The molecule has 2 aromatic rings. The lowest BCUT2D eigenvalue weighted by molar-refractivity contribution is -0.121. The summed E-state index contributed by atoms with van der Waals surface area (Å²) in [5.74, 6) is -0.399. The minimum Gasteiger partial charge on any atom is -0.325 e. The van der Waals surface area contributed by atoms with Gasteiger partial charge in [0.1, 0.15) is 0 Å². The van der Waals surface area contributed by atoms with Gasteiger partial charge in [0.15, 0.2) is 0 Å². The molecule has 0 unspecified atom stereocenters. The molecular formula is C24H30N4O3. The van der Waals surface area contributed by atoms with Crippen molar-refractivity contribution in [3.63, 3.8) is 0 Å². The van der Waals surface area contributed by atoms with E-state index in [1.54, 1.807) is 11.0 Å². The van der Waals surface area contributed by atoms with Gasteiger partial charge in [-0.15, -0.1) is 0 Å². The van der Waals surface area contributed by atoms with Crippen molar-refractivity contribution in [2.45, 2.75) is 39.7 Å². The van der Waals surface area contributed by atoms with Crippen LogP contribution in [0.1, 0.15) is 32.3 Å². The number of carbonyl (C=O) groups is 3. The van der Waals surface area contributed by atoms with Crippen molar-refractivity contribution in [1.82, 2.24) is 4.90 Å². The monoisotopic (exact) mass is 422 g/mol. The van der Waals surface area contributed by atoms with Crippen LogP contribution in [0.25, 0.3) is 0 Å². The zero-order valence-electron chi connectivity index (χ0n) is 18.4. The minimum atomic E-state index is -0.277. The highest BCUT2D eigenvalue weighted by molar-refractivity contribution is 6.05. The lowest BCUT2D eigenvalue weighted by Crippen LogP contribution is -2.46. The SMILES string of the molecule is CCCN(CC(=O)Nc1ccccc1C)CC(=O)N1c2ccccc2NC(=O)C[C@H]1C. The molecule has 0 radical (unpaired) electrons. The highest BCUT2D eigenvalue weighted by Gasteiger charge is 2.30. The fourth-order valence-electron chi connectivity index (χ4n) is 3.87. The van der Waals surface area contributed by atoms with E-state index in [1.807, 2.05) is 68.1 Å². The first-order valence-electron chi connectivity index (χ1n) is 10.7. The Balaban J connectivity index is 1.73. The summed E-state index contributed by atoms with van der Waals surface area (Å²) in [7, 11) is 0. The highest BCUT2D eigenvalue weighted by Crippen LogP contribution is 2.31. The summed E-state index contributed by atoms with van der Waals surface area (Å²) in [5.41, 5.74) is 3.08. The van der Waals surface area contributed by atoms with Gasteiger partial charge in [0, 0.05) is 18.2 Å². The molecule has 0 aromatic heterocycles. The minimum absolute atomic E-state index is 0.0991. The number of rotatable bonds is 7. The molecule has 7 nitrogen and oxygen atoms in total. The first-order valence-corrected chi connectivity index (χ1v) is 10.7. The van der Waals surface area contributed by atoms with E-state index in [0.29, 0.717) is 17.9 Å². The summed E-state index contributed by atoms with van der Waals surface area (Å²) in [5, 5.41) is 5.80. The number of nitrogens with zero attached hydrogens (tertiary/aromatic N) is 2. The van der Waals surface area contributed by atoms with Crippen molar-refractivity contribution in [3.05, 3.63) is 54.1 Å². The summed E-state index contributed by atoms with van der Waals surface area (Å²) in [6.07, 6.45) is 1.04. The molecule has 1 heterocycles. The predicted octanol–water partition coefficient (Wildman–Crippen LogP) is 3.41. The van der Waals surface area contributed by atoms with Gasteiger partial charge in [0.05, 0.1) is 24.5 Å². The fourth-order valence-corrected chi connectivity index (χ4v) is 3.87. The summed E-state index contributed by atoms with van der Waals surface area (Å²) >= 11 is 0. The van der Waals surface area contributed by atoms with E-state index in [-0.39, 0.29) is 43.3 Å². The van der Waals surface area contributed by atoms with Gasteiger partial charge in [-0.2, -0.15) is 0 Å². The third-order valence-corrected chi connectivity index (χ3v) is 5.31. The van der Waals surface area contributed by atoms with Crippen LogP contribution in [0.3, 0.4) is 0 Å². The molecule has 1 atom stereocenters. The average Bonchev–Trinajstić information content (AvgIpc) is 2.84. The molecular weight excluding hydrogens is 392 g/mol. The van der Waals surface area contributed by atoms with Crippen LogP contribution in [0.5, 0.6) is 0 Å². The maximum atomic E-state index is 13.3. The van der Waals surface area contributed by atoms with Gasteiger partial charge in [0.25, 0.3) is 0 Å². The summed E-state index contributed by atoms with van der Waals surface area (Å²) < 4.78 is 0. The van der Waals surface area contributed by atoms with E-state index >= 15 is 0 Å². The van der Waals surface area contributed by atoms with Crippen LogP contribution in [0.4, 0.5) is 17.1 Å². The normalized spacial score (nSPS) is 15.8. The molecule has 1 aliphatic heterocycles. The van der Waals surface area contributed by atoms with Gasteiger partial charge in [-0.3, -0.25) is 19.3 Å². The number of carbonyl (C=O) groups excluding carboxylic acids is 3. The van der Waals surface area contributed by atoms with Crippen molar-refractivity contribution in [1.29, 1.82) is 0 Å². The van der Waals surface area contributed by atoms with Gasteiger partial charge in [-0.25, -0.2) is 0 Å². The van der Waals surface area contributed by atoms with Gasteiger partial charge < -0.3 is 15.5 Å². The van der Waals surface area contributed by atoms with Gasteiger partial charge in [0.2, 0.25) is 17.7 Å². The largest absolute Gasteiger partial charge is 0.325 e. The van der Waals surface area contributed by atoms with Crippen molar-refractivity contribution in [3.8, 4) is 0 Å². The van der Waals surface area contributed by atoms with Crippen molar-refractivity contribution >= 4 is 34.8 Å². The molecule has 2 aromatic carbocycles. The van der Waals surface area contributed by atoms with E-state index in [4.69, 9.17) is 0 Å². The number of hydrogen-bond acceptors (Lipinski definition) is 4. The number of para-hydroxylation sites is 3. The number of nitrogens with one attached hydrogen (secondary N) is 2. The molecule has 7 heteroatoms. The highest BCUT2D eigenvalue weighted by atomic mass is 16.2. The molecule has 1 aliphatic rings. The van der Waals surface area contributed by atoms with Gasteiger partial charge >= 0.3 is 0 Å². The Morgan fingerprint density at radius 3 is 2.58 bits per heavy atom. The second-order valence-corrected chi connectivity index (χ2v) is 7.96. The zero-order chi connectivity index (χ0) is 22.4. The molecule has 3 rings (SSSR count). The standard InChI is InChI=1S/C24H30N4O3/c1-4-13-27(15-23(30)25-19-10-6-5-9-17(19)2)16-24(31)28-18(3)14-22(29)26-20-11-7-8-12-21(20)28/h5-12,18H,4,13-16H2,1-3H3,(H,25,30)(H,26,29)/t18-/m1/s1. The van der Waals surface area contributed by atoms with Crippen LogP contribution in [0, 0.1) is 6.92 Å². The summed E-state index contributed by atoms with van der Waals surface area (Å²) in [4.78, 5) is 41.7. The number of benzene rings is 2. The fraction of sp³-hybridized carbons (Fsp3) is 0.375. The van der Waals surface area contributed by atoms with Crippen LogP contribution in [0.15, 0.2) is 48.5 Å². The smallest absolute Gasteiger partial charge is 0.241 e. The maximum absolute atomic E-state index is 13.3. The number of anilines is 3. The van der Waals surface area contributed by atoms with E-state index in [0.717, 1.165) is 17.7 Å². The Labute approximate surface area is 183 Å². The Bertz CT molecular complexity index is 959. The van der Waals surface area contributed by atoms with Gasteiger partial charge in [-0.1, -0.05) is 37.3 Å². The third kappa shape index (κ3) is 5.70. The first kappa shape index (κ1) is 22.5. The predicted molar refractivity (Wildman–Crippen MR) is 123 cm³/mol. The molecule has 0 spiro atoms. The van der Waals surface area contributed by atoms with E-state index in [2.05, 4.69) is 10.6 Å². The van der Waals surface area contributed by atoms with Crippen LogP contribution < -0.4 is 15.5 Å². The molecule has 0 fully saturated rings. The molecule has 0 saturated carbocycles. The van der Waals surface area contributed by atoms with Crippen molar-refractivity contribution < 1.29 is 14.4 Å². The second-order valence-electron chi connectivity index (χ2n) is 7.96.